The zero-order valence-corrected chi connectivity index (χ0v) is 20.5. The molecule has 0 saturated carbocycles. The predicted molar refractivity (Wildman–Crippen MR) is 138 cm³/mol. The van der Waals surface area contributed by atoms with Crippen molar-refractivity contribution in [3.63, 3.8) is 0 Å². The number of halogens is 1. The Morgan fingerprint density at radius 2 is 2.00 bits per heavy atom. The van der Waals surface area contributed by atoms with Gasteiger partial charge in [-0.2, -0.15) is 0 Å². The smallest absolute Gasteiger partial charge is 0.439 e. The van der Waals surface area contributed by atoms with Gasteiger partial charge in [0, 0.05) is 29.8 Å². The minimum absolute atomic E-state index is 0.278. The molecule has 1 N–H and O–H groups in total. The number of hydrogen-bond acceptors (Lipinski definition) is 5. The maximum Gasteiger partial charge on any atom is 0.439 e. The molecule has 186 valence electrons. The summed E-state index contributed by atoms with van der Waals surface area (Å²) in [4.78, 5) is 19.1. The van der Waals surface area contributed by atoms with Gasteiger partial charge in [0.15, 0.2) is 5.82 Å². The number of rotatable bonds is 5. The van der Waals surface area contributed by atoms with Crippen molar-refractivity contribution in [2.75, 3.05) is 0 Å². The molecule has 0 unspecified atom stereocenters. The Labute approximate surface area is 212 Å². The second-order valence-electron chi connectivity index (χ2n) is 9.23. The number of fused-ring (bicyclic) bond motifs is 3. The molecule has 5 aromatic rings. The van der Waals surface area contributed by atoms with Crippen molar-refractivity contribution in [1.29, 1.82) is 0 Å². The summed E-state index contributed by atoms with van der Waals surface area (Å²) >= 11 is 0. The molecular formula is C29H25FN4O3. The number of benzene rings is 2. The van der Waals surface area contributed by atoms with Crippen molar-refractivity contribution in [1.82, 2.24) is 19.5 Å². The highest BCUT2D eigenvalue weighted by Gasteiger charge is 2.24. The predicted octanol–water partition coefficient (Wildman–Crippen LogP) is 5.56. The van der Waals surface area contributed by atoms with E-state index in [9.17, 15) is 9.18 Å². The summed E-state index contributed by atoms with van der Waals surface area (Å²) in [5.41, 5.74) is 8.46. The third-order valence-electron chi connectivity index (χ3n) is 6.78. The molecule has 1 aliphatic rings. The molecule has 8 heteroatoms. The van der Waals surface area contributed by atoms with Crippen LogP contribution in [0.1, 0.15) is 59.7 Å². The first-order valence-corrected chi connectivity index (χ1v) is 12.3. The van der Waals surface area contributed by atoms with E-state index in [2.05, 4.69) is 45.9 Å². The van der Waals surface area contributed by atoms with Crippen molar-refractivity contribution in [2.45, 2.75) is 39.7 Å². The number of aromatic nitrogens is 4. The highest BCUT2D eigenvalue weighted by molar-refractivity contribution is 5.99. The number of imidazole rings is 1. The summed E-state index contributed by atoms with van der Waals surface area (Å²) in [6.45, 7) is 4.29. The third-order valence-corrected chi connectivity index (χ3v) is 6.78. The van der Waals surface area contributed by atoms with E-state index in [0.717, 1.165) is 52.0 Å². The van der Waals surface area contributed by atoms with Crippen LogP contribution in [0.25, 0.3) is 16.8 Å². The lowest BCUT2D eigenvalue weighted by Gasteiger charge is -2.14. The van der Waals surface area contributed by atoms with Gasteiger partial charge in [0.1, 0.15) is 23.8 Å². The SMILES string of the molecule is CCCc1nc2ccccn2c1Cc1ccc2c(c1)COc1cc(F)ccc1/C2=C(/C)c1noc(=O)[nH]1. The second kappa shape index (κ2) is 9.20. The Hall–Kier alpha value is -4.46. The second-order valence-corrected chi connectivity index (χ2v) is 9.23. The number of ether oxygens (including phenoxy) is 1. The van der Waals surface area contributed by atoms with Gasteiger partial charge in [-0.15, -0.1) is 0 Å². The molecule has 0 aliphatic carbocycles. The van der Waals surface area contributed by atoms with E-state index in [1.54, 1.807) is 6.07 Å². The molecule has 0 fully saturated rings. The van der Waals surface area contributed by atoms with Crippen molar-refractivity contribution < 1.29 is 13.7 Å². The Bertz CT molecular complexity index is 1730. The lowest BCUT2D eigenvalue weighted by atomic mass is 9.89. The van der Waals surface area contributed by atoms with Crippen LogP contribution in [0.5, 0.6) is 5.75 Å². The number of hydrogen-bond donors (Lipinski definition) is 1. The van der Waals surface area contributed by atoms with Gasteiger partial charge in [-0.25, -0.2) is 14.2 Å². The monoisotopic (exact) mass is 496 g/mol. The molecule has 7 nitrogen and oxygen atoms in total. The van der Waals surface area contributed by atoms with Gasteiger partial charge in [0.05, 0.1) is 11.4 Å². The van der Waals surface area contributed by atoms with E-state index in [-0.39, 0.29) is 12.4 Å². The lowest BCUT2D eigenvalue weighted by Crippen LogP contribution is -2.02. The van der Waals surface area contributed by atoms with Crippen LogP contribution in [-0.4, -0.2) is 19.5 Å². The van der Waals surface area contributed by atoms with E-state index in [1.165, 1.54) is 17.8 Å². The van der Waals surface area contributed by atoms with E-state index in [1.807, 2.05) is 25.1 Å². The van der Waals surface area contributed by atoms with E-state index in [4.69, 9.17) is 14.2 Å². The lowest BCUT2D eigenvalue weighted by molar-refractivity contribution is 0.305. The largest absolute Gasteiger partial charge is 0.488 e. The van der Waals surface area contributed by atoms with E-state index in [0.29, 0.717) is 23.6 Å². The number of nitrogens with zero attached hydrogens (tertiary/aromatic N) is 3. The van der Waals surface area contributed by atoms with Crippen LogP contribution in [0.2, 0.25) is 0 Å². The molecule has 0 spiro atoms. The number of pyridine rings is 1. The molecule has 0 amide bonds. The molecule has 3 aromatic heterocycles. The van der Waals surface area contributed by atoms with Crippen LogP contribution in [0.3, 0.4) is 0 Å². The Balaban J connectivity index is 1.48. The maximum absolute atomic E-state index is 14.1. The molecule has 0 saturated heterocycles. The fourth-order valence-corrected chi connectivity index (χ4v) is 5.07. The maximum atomic E-state index is 14.1. The van der Waals surface area contributed by atoms with Gasteiger partial charge in [0.2, 0.25) is 0 Å². The van der Waals surface area contributed by atoms with Crippen molar-refractivity contribution >= 4 is 16.8 Å². The Morgan fingerprint density at radius 1 is 1.14 bits per heavy atom. The van der Waals surface area contributed by atoms with E-state index < -0.39 is 5.76 Å². The van der Waals surface area contributed by atoms with Gasteiger partial charge in [0.25, 0.3) is 0 Å². The summed E-state index contributed by atoms with van der Waals surface area (Å²) in [5, 5.41) is 3.88. The number of nitrogens with one attached hydrogen (secondary N) is 1. The summed E-state index contributed by atoms with van der Waals surface area (Å²) in [5.74, 6) is -0.258. The number of allylic oxidation sites excluding steroid dienone is 1. The van der Waals surface area contributed by atoms with Crippen LogP contribution in [0.4, 0.5) is 4.39 Å². The minimum Gasteiger partial charge on any atom is -0.488 e. The molecule has 4 heterocycles. The van der Waals surface area contributed by atoms with Crippen molar-refractivity contribution in [3.05, 3.63) is 117 Å². The average molecular weight is 497 g/mol. The normalized spacial score (nSPS) is 14.1. The first kappa shape index (κ1) is 23.0. The van der Waals surface area contributed by atoms with Crippen LogP contribution in [0.15, 0.2) is 70.1 Å². The minimum atomic E-state index is -0.634. The molecule has 37 heavy (non-hydrogen) atoms. The molecule has 0 bridgehead atoms. The van der Waals surface area contributed by atoms with Gasteiger partial charge >= 0.3 is 5.76 Å². The molecular weight excluding hydrogens is 471 g/mol. The van der Waals surface area contributed by atoms with Crippen LogP contribution >= 0.6 is 0 Å². The summed E-state index contributed by atoms with van der Waals surface area (Å²) < 4.78 is 27.1. The molecule has 1 aliphatic heterocycles. The zero-order chi connectivity index (χ0) is 25.5. The Morgan fingerprint density at radius 3 is 2.81 bits per heavy atom. The highest BCUT2D eigenvalue weighted by Crippen LogP contribution is 2.41. The highest BCUT2D eigenvalue weighted by atomic mass is 19.1. The summed E-state index contributed by atoms with van der Waals surface area (Å²) in [7, 11) is 0. The zero-order valence-electron chi connectivity index (χ0n) is 20.5. The van der Waals surface area contributed by atoms with Crippen LogP contribution < -0.4 is 10.5 Å². The standard InChI is InChI=1S/C29H25FN4O3/c1-3-6-23-24(34-12-5-4-7-26(34)31-23)14-18-8-10-21-19(13-18)16-36-25-15-20(30)9-11-22(25)27(21)17(2)28-32-29(35)37-33-28/h4-5,7-13,15H,3,6,14,16H2,1-2H3,(H,32,33,35)/b27-17-. The van der Waals surface area contributed by atoms with Gasteiger partial charge in [-0.3, -0.25) is 9.51 Å². The van der Waals surface area contributed by atoms with E-state index >= 15 is 0 Å². The van der Waals surface area contributed by atoms with Crippen LogP contribution in [0, 0.1) is 5.82 Å². The quantitative estimate of drug-likeness (QED) is 0.344. The third kappa shape index (κ3) is 4.14. The number of aryl methyl sites for hydroxylation is 1. The van der Waals surface area contributed by atoms with Crippen molar-refractivity contribution in [3.8, 4) is 5.75 Å². The fourth-order valence-electron chi connectivity index (χ4n) is 5.07. The van der Waals surface area contributed by atoms with Gasteiger partial charge in [-0.1, -0.05) is 42.8 Å². The van der Waals surface area contributed by atoms with Gasteiger partial charge < -0.3 is 9.14 Å². The van der Waals surface area contributed by atoms with Gasteiger partial charge in [-0.05, 0) is 59.9 Å². The topological polar surface area (TPSA) is 85.4 Å². The van der Waals surface area contributed by atoms with Crippen molar-refractivity contribution in [2.24, 2.45) is 0 Å². The first-order valence-electron chi connectivity index (χ1n) is 12.3. The molecule has 6 rings (SSSR count). The number of H-pyrrole nitrogens is 1. The Kier molecular flexibility index (Phi) is 5.71. The fraction of sp³-hybridized carbons (Fsp3) is 0.207. The molecule has 0 radical (unpaired) electrons. The molecule has 2 aromatic carbocycles. The van der Waals surface area contributed by atoms with Crippen LogP contribution in [-0.2, 0) is 19.4 Å². The average Bonchev–Trinajstić information content (AvgIpc) is 3.44. The first-order chi connectivity index (χ1) is 18.0. The molecule has 0 atom stereocenters. The number of aromatic amines is 1. The summed E-state index contributed by atoms with van der Waals surface area (Å²) in [6.07, 6.45) is 4.69. The summed E-state index contributed by atoms with van der Waals surface area (Å²) in [6, 6.07) is 16.8.